The predicted molar refractivity (Wildman–Crippen MR) is 316 cm³/mol. The van der Waals surface area contributed by atoms with Crippen molar-refractivity contribution in [2.75, 3.05) is 58.6 Å². The van der Waals surface area contributed by atoms with Gasteiger partial charge in [0, 0.05) is 79.5 Å². The number of nitro benzene ring substituents is 3. The second-order valence-corrected chi connectivity index (χ2v) is 20.6. The van der Waals surface area contributed by atoms with Crippen LogP contribution in [0.2, 0.25) is 0 Å². The Hall–Kier alpha value is -4.02. The van der Waals surface area contributed by atoms with E-state index in [0.29, 0.717) is 26.7 Å². The molecule has 2 fully saturated rings. The number of benzene rings is 4. The van der Waals surface area contributed by atoms with Crippen LogP contribution in [0.25, 0.3) is 0 Å². The second-order valence-electron chi connectivity index (χ2n) is 17.2. The van der Waals surface area contributed by atoms with Crippen molar-refractivity contribution in [3.8, 4) is 0 Å². The number of ether oxygens (including phenoxy) is 4. The molecule has 0 saturated carbocycles. The molecule has 0 amide bonds. The summed E-state index contributed by atoms with van der Waals surface area (Å²) in [5, 5.41) is 49.8. The van der Waals surface area contributed by atoms with Crippen molar-refractivity contribution in [2.24, 2.45) is 5.92 Å². The molecule has 27 heteroatoms. The minimum atomic E-state index is -1.50. The molecule has 0 spiro atoms. The molecule has 2 unspecified atom stereocenters. The fraction of sp³-hybridized carbons (Fsp3) is 0.462. The van der Waals surface area contributed by atoms with E-state index in [9.17, 15) is 64.1 Å². The van der Waals surface area contributed by atoms with Gasteiger partial charge in [-0.2, -0.15) is 0 Å². The Bertz CT molecular complexity index is 2630. The van der Waals surface area contributed by atoms with Crippen molar-refractivity contribution in [1.82, 2.24) is 0 Å². The molecule has 0 aromatic heterocycles. The Labute approximate surface area is 518 Å². The number of carbonyl (C=O) groups is 4. The van der Waals surface area contributed by atoms with Crippen LogP contribution >= 0.6 is 63.7 Å². The van der Waals surface area contributed by atoms with Gasteiger partial charge >= 0.3 is 30.8 Å². The molecule has 4 aromatic rings. The van der Waals surface area contributed by atoms with Crippen LogP contribution in [0.1, 0.15) is 101 Å². The van der Waals surface area contributed by atoms with E-state index in [-0.39, 0.29) is 105 Å². The molecule has 0 radical (unpaired) electrons. The normalized spacial score (nSPS) is 13.4. The van der Waals surface area contributed by atoms with Crippen molar-refractivity contribution in [3.63, 3.8) is 0 Å². The third kappa shape index (κ3) is 25.3. The molecular weight excluding hydrogens is 1310 g/mol. The van der Waals surface area contributed by atoms with Gasteiger partial charge in [0.25, 0.3) is 17.1 Å². The van der Waals surface area contributed by atoms with Gasteiger partial charge in [-0.25, -0.2) is 4.39 Å². The molecule has 436 valence electrons. The molecule has 2 saturated heterocycles. The maximum atomic E-state index is 12.5. The van der Waals surface area contributed by atoms with Crippen LogP contribution < -0.4 is 24.6 Å². The number of aliphatic hydroxyl groups excluding tert-OH is 2. The molecule has 0 aliphatic carbocycles. The summed E-state index contributed by atoms with van der Waals surface area (Å²) in [5.74, 6) is -2.78. The number of rotatable bonds is 14. The molecular formula is C52H73AlBr4FLiN4O16. The molecule has 2 aliphatic heterocycles. The van der Waals surface area contributed by atoms with E-state index in [4.69, 9.17) is 19.9 Å². The van der Waals surface area contributed by atoms with Crippen molar-refractivity contribution in [1.29, 1.82) is 0 Å². The minimum absolute atomic E-state index is 0. The summed E-state index contributed by atoms with van der Waals surface area (Å²) in [5.41, 5.74) is 6.30. The van der Waals surface area contributed by atoms with E-state index in [1.807, 2.05) is 12.1 Å². The average molecular weight is 1380 g/mol. The Kier molecular flexibility index (Phi) is 40.6. The largest absolute Gasteiger partial charge is 1.00 e. The SMILES string of the molecule is C.C.C1CCOC1.CC(CO)(CO)c1ccc([N+](=O)[O-])cc1Br.CC1(c2ccc(N)cc2Br)COC1.CCOC(=O)C(C)(C(C)=O)c1ccc([N+](=O)[O-])cc1Br.CCOC(=O)C(C)C(C)=O.O=[N+]([O-])c1ccc(F)c(Br)c1.[AlH3].[H-].[Li+]. The molecule has 20 nitrogen and oxygen atoms in total. The van der Waals surface area contributed by atoms with Crippen LogP contribution in [0.5, 0.6) is 0 Å². The van der Waals surface area contributed by atoms with Crippen LogP contribution in [0.15, 0.2) is 90.7 Å². The Morgan fingerprint density at radius 1 is 0.734 bits per heavy atom. The predicted octanol–water partition coefficient (Wildman–Crippen LogP) is 7.96. The summed E-state index contributed by atoms with van der Waals surface area (Å²) in [6, 6.07) is 17.4. The van der Waals surface area contributed by atoms with Crippen LogP contribution in [0.3, 0.4) is 0 Å². The number of Topliss-reactive ketones (excluding diaryl/α,β-unsaturated/α-hetero) is 2. The minimum Gasteiger partial charge on any atom is -1.00 e. The van der Waals surface area contributed by atoms with Gasteiger partial charge in [-0.3, -0.25) is 49.5 Å². The molecule has 2 heterocycles. The average Bonchev–Trinajstić information content (AvgIpc) is 3.95. The van der Waals surface area contributed by atoms with Crippen molar-refractivity contribution in [2.45, 2.75) is 99.3 Å². The number of nitrogens with zero attached hydrogens (tertiary/aromatic N) is 3. The van der Waals surface area contributed by atoms with E-state index < -0.39 is 55.1 Å². The van der Waals surface area contributed by atoms with Gasteiger partial charge in [-0.15, -0.1) is 0 Å². The number of hydrogen-bond acceptors (Lipinski definition) is 17. The Balaban J connectivity index is -0.000000287. The van der Waals surface area contributed by atoms with Gasteiger partial charge in [0.2, 0.25) is 0 Å². The van der Waals surface area contributed by atoms with Crippen LogP contribution in [0, 0.1) is 42.1 Å². The molecule has 79 heavy (non-hydrogen) atoms. The van der Waals surface area contributed by atoms with Gasteiger partial charge in [0.05, 0.1) is 58.9 Å². The van der Waals surface area contributed by atoms with Crippen LogP contribution in [-0.2, 0) is 54.4 Å². The number of hydrogen-bond donors (Lipinski definition) is 3. The zero-order valence-corrected chi connectivity index (χ0v) is 49.8. The Morgan fingerprint density at radius 3 is 1.48 bits per heavy atom. The molecule has 6 rings (SSSR count). The first-order valence-corrected chi connectivity index (χ1v) is 25.9. The van der Waals surface area contributed by atoms with Gasteiger partial charge in [0.1, 0.15) is 22.9 Å². The zero-order chi connectivity index (χ0) is 57.4. The third-order valence-electron chi connectivity index (χ3n) is 11.3. The number of nitrogen functional groups attached to an aromatic ring is 1. The third-order valence-corrected chi connectivity index (χ3v) is 13.9. The first-order valence-electron chi connectivity index (χ1n) is 22.8. The quantitative estimate of drug-likeness (QED) is 0.0269. The molecule has 2 atom stereocenters. The first-order chi connectivity index (χ1) is 35.0. The van der Waals surface area contributed by atoms with Crippen molar-refractivity contribution >= 4 is 127 Å². The van der Waals surface area contributed by atoms with Gasteiger partial charge in [-0.1, -0.05) is 88.6 Å². The molecule has 4 N–H and O–H groups in total. The van der Waals surface area contributed by atoms with Gasteiger partial charge in [0.15, 0.2) is 23.1 Å². The van der Waals surface area contributed by atoms with Crippen molar-refractivity contribution in [3.05, 3.63) is 144 Å². The summed E-state index contributed by atoms with van der Waals surface area (Å²) >= 11 is 12.7. The molecule has 0 bridgehead atoms. The number of non-ortho nitro benzene ring substituents is 3. The number of aliphatic hydroxyl groups is 2. The van der Waals surface area contributed by atoms with Crippen molar-refractivity contribution < 1.29 is 87.8 Å². The topological polar surface area (TPSA) is 301 Å². The maximum absolute atomic E-state index is 12.5. The van der Waals surface area contributed by atoms with Gasteiger partial charge in [-0.05, 0) is 111 Å². The number of nitrogens with two attached hydrogens (primary N) is 1. The molecule has 2 aliphatic rings. The van der Waals surface area contributed by atoms with E-state index in [0.717, 1.165) is 54.8 Å². The first kappa shape index (κ1) is 81.5. The summed E-state index contributed by atoms with van der Waals surface area (Å²) in [6.45, 7) is 16.5. The van der Waals surface area contributed by atoms with E-state index in [1.165, 1.54) is 75.6 Å². The number of anilines is 1. The van der Waals surface area contributed by atoms with Crippen LogP contribution in [-0.4, -0.2) is 119 Å². The Morgan fingerprint density at radius 2 is 1.16 bits per heavy atom. The fourth-order valence-electron chi connectivity index (χ4n) is 6.20. The summed E-state index contributed by atoms with van der Waals surface area (Å²) in [6.07, 6.45) is 2.56. The maximum Gasteiger partial charge on any atom is 1.00 e. The number of halogens is 5. The van der Waals surface area contributed by atoms with Crippen LogP contribution in [0.4, 0.5) is 27.1 Å². The monoisotopic (exact) mass is 1380 g/mol. The van der Waals surface area contributed by atoms with E-state index in [1.54, 1.807) is 27.7 Å². The second kappa shape index (κ2) is 39.4. The van der Waals surface area contributed by atoms with Gasteiger partial charge < -0.3 is 36.3 Å². The summed E-state index contributed by atoms with van der Waals surface area (Å²) < 4.78 is 34.2. The molecule has 4 aromatic carbocycles. The fourth-order valence-corrected chi connectivity index (χ4v) is 9.05. The number of carbonyl (C=O) groups excluding carboxylic acids is 4. The summed E-state index contributed by atoms with van der Waals surface area (Å²) in [4.78, 5) is 75.0. The standard InChI is InChI=1S/C13H14BrNO5.C10H12BrNO4.C10H12BrNO.C7H12O3.C6H3BrFNO2.C4H8O.2CH4.Al.Li.4H/c1-4-20-12(17)13(3,8(2)16)10-6-5-9(15(18)19)7-11(10)14;1-10(5-13,6-14)8-3-2-7(12(15)16)4-9(8)11;1-10(5-13-6-10)8-3-2-7(12)4-9(8)11;1-4-10-7(9)5(2)6(3)8;7-5-3-4(9(10)11)1-2-6(5)8;1-2-4-5-3-1;;;;;;;;/h5-7H,4H2,1-3H3;2-4,13-14H,5-6H2,1H3;2-4H,5-6,12H2,1H3;5H,4H2,1-3H3;1-3H;1-4H2;2*1H4;;;;;;/q;;;;;;;;;+1;;;;-1. The number of nitro groups is 3. The summed E-state index contributed by atoms with van der Waals surface area (Å²) in [7, 11) is 0. The van der Waals surface area contributed by atoms with E-state index >= 15 is 0 Å². The van der Waals surface area contributed by atoms with E-state index in [2.05, 4.69) is 81.4 Å². The number of ketones is 2. The number of esters is 2. The zero-order valence-electron chi connectivity index (χ0n) is 44.5. The smallest absolute Gasteiger partial charge is 1.00 e.